The highest BCUT2D eigenvalue weighted by Crippen LogP contribution is 2.36. The Labute approximate surface area is 246 Å². The van der Waals surface area contributed by atoms with Gasteiger partial charge in [-0.2, -0.15) is 13.2 Å². The van der Waals surface area contributed by atoms with Gasteiger partial charge >= 0.3 is 6.18 Å². The van der Waals surface area contributed by atoms with Crippen molar-refractivity contribution >= 4 is 6.21 Å². The highest BCUT2D eigenvalue weighted by molar-refractivity contribution is 5.65. The molecule has 1 aliphatic heterocycles. The lowest BCUT2D eigenvalue weighted by atomic mass is 9.80. The van der Waals surface area contributed by atoms with Crippen molar-refractivity contribution < 1.29 is 22.0 Å². The van der Waals surface area contributed by atoms with Crippen LogP contribution in [-0.4, -0.2) is 6.21 Å². The zero-order valence-electron chi connectivity index (χ0n) is 24.6. The third-order valence-electron chi connectivity index (χ3n) is 6.85. The zero-order valence-corrected chi connectivity index (χ0v) is 24.6. The maximum Gasteiger partial charge on any atom is 0.416 e. The summed E-state index contributed by atoms with van der Waals surface area (Å²) in [5.74, 6) is -2.93. The Morgan fingerprint density at radius 3 is 2.05 bits per heavy atom. The van der Waals surface area contributed by atoms with E-state index in [1.807, 2.05) is 62.5 Å². The molecule has 1 atom stereocenters. The van der Waals surface area contributed by atoms with E-state index < -0.39 is 23.2 Å². The number of hydrogen-bond acceptors (Lipinski definition) is 2. The summed E-state index contributed by atoms with van der Waals surface area (Å²) >= 11 is 0. The number of allylic oxidation sites excluding steroid dienone is 3. The maximum atomic E-state index is 13.9. The van der Waals surface area contributed by atoms with E-state index in [4.69, 9.17) is 5.73 Å². The monoisotopic (exact) mass is 582 g/mol. The van der Waals surface area contributed by atoms with Crippen molar-refractivity contribution in [2.75, 3.05) is 0 Å². The molecule has 3 aromatic rings. The van der Waals surface area contributed by atoms with Crippen molar-refractivity contribution in [3.63, 3.8) is 0 Å². The number of halogens is 5. The molecule has 3 aromatic carbocycles. The summed E-state index contributed by atoms with van der Waals surface area (Å²) in [6, 6.07) is 20.6. The van der Waals surface area contributed by atoms with Crippen LogP contribution in [-0.2, 0) is 30.5 Å². The Morgan fingerprint density at radius 1 is 0.810 bits per heavy atom. The summed E-state index contributed by atoms with van der Waals surface area (Å²) in [6.45, 7) is 12.2. The molecule has 1 heterocycles. The van der Waals surface area contributed by atoms with Gasteiger partial charge in [0.25, 0.3) is 5.92 Å². The van der Waals surface area contributed by atoms with Crippen LogP contribution in [0.4, 0.5) is 22.0 Å². The van der Waals surface area contributed by atoms with E-state index in [9.17, 15) is 22.0 Å². The molecule has 0 amide bonds. The summed E-state index contributed by atoms with van der Waals surface area (Å²) in [5, 5.41) is 0. The molecule has 0 aliphatic carbocycles. The van der Waals surface area contributed by atoms with Crippen LogP contribution in [0.15, 0.2) is 114 Å². The van der Waals surface area contributed by atoms with Gasteiger partial charge in [-0.05, 0) is 60.7 Å². The smallest absolute Gasteiger partial charge is 0.316 e. The molecule has 0 radical (unpaired) electrons. The fraction of sp³-hybridized carbons (Fsp3) is 0.286. The van der Waals surface area contributed by atoms with Crippen LogP contribution in [0.5, 0.6) is 0 Å². The van der Waals surface area contributed by atoms with E-state index >= 15 is 0 Å². The number of hydrogen-bond donors (Lipinski definition) is 1. The maximum absolute atomic E-state index is 13.9. The van der Waals surface area contributed by atoms with E-state index in [-0.39, 0.29) is 11.1 Å². The largest absolute Gasteiger partial charge is 0.416 e. The number of benzene rings is 3. The lowest BCUT2D eigenvalue weighted by molar-refractivity contribution is -0.138. The van der Waals surface area contributed by atoms with Crippen LogP contribution in [0.25, 0.3) is 0 Å². The van der Waals surface area contributed by atoms with Crippen LogP contribution >= 0.6 is 0 Å². The lowest BCUT2D eigenvalue weighted by Crippen LogP contribution is -2.41. The standard InChI is InChI=1S/C23H24F2N2.C10H11F3.C2H4/c1-17-11-12-21(27-14-13-17)23(26,16-18-7-4-3-5-8-18)20-10-6-9-19(15-20)22(2,24)25;1-3-8-5-4-7(2)9(6-8)10(11,12)13;1-2/h3-12,14-15H,13,16,26H2,1-2H3;4-6H,3H2,1-2H3;1-2H2. The lowest BCUT2D eigenvalue weighted by Gasteiger charge is -2.31. The van der Waals surface area contributed by atoms with Gasteiger partial charge in [0.05, 0.1) is 16.8 Å². The Bertz CT molecular complexity index is 1400. The van der Waals surface area contributed by atoms with Crippen LogP contribution in [0.2, 0.25) is 0 Å². The van der Waals surface area contributed by atoms with E-state index in [0.717, 1.165) is 24.5 Å². The van der Waals surface area contributed by atoms with Gasteiger partial charge in [0, 0.05) is 31.5 Å². The van der Waals surface area contributed by atoms with Crippen molar-refractivity contribution in [3.05, 3.63) is 143 Å². The minimum atomic E-state index is -4.23. The third kappa shape index (κ3) is 9.35. The molecule has 4 rings (SSSR count). The summed E-state index contributed by atoms with van der Waals surface area (Å²) < 4.78 is 64.9. The minimum Gasteiger partial charge on any atom is -0.316 e. The van der Waals surface area contributed by atoms with Crippen molar-refractivity contribution in [1.29, 1.82) is 0 Å². The van der Waals surface area contributed by atoms with E-state index in [1.165, 1.54) is 36.8 Å². The fourth-order valence-corrected chi connectivity index (χ4v) is 4.41. The van der Waals surface area contributed by atoms with Crippen molar-refractivity contribution in [3.8, 4) is 0 Å². The minimum absolute atomic E-state index is 0.0483. The second-order valence-corrected chi connectivity index (χ2v) is 10.2. The number of rotatable bonds is 6. The molecule has 224 valence electrons. The first-order valence-electron chi connectivity index (χ1n) is 13.6. The molecule has 1 aliphatic rings. The second-order valence-electron chi connectivity index (χ2n) is 10.2. The number of aryl methyl sites for hydroxylation is 2. The third-order valence-corrected chi connectivity index (χ3v) is 6.85. The van der Waals surface area contributed by atoms with Gasteiger partial charge < -0.3 is 5.73 Å². The molecule has 0 fully saturated rings. The van der Waals surface area contributed by atoms with Gasteiger partial charge in [0.2, 0.25) is 0 Å². The first kappa shape index (κ1) is 34.4. The fourth-order valence-electron chi connectivity index (χ4n) is 4.41. The topological polar surface area (TPSA) is 38.4 Å². The summed E-state index contributed by atoms with van der Waals surface area (Å²) in [5.41, 5.74) is 9.80. The van der Waals surface area contributed by atoms with Gasteiger partial charge in [-0.15, -0.1) is 13.2 Å². The summed E-state index contributed by atoms with van der Waals surface area (Å²) in [7, 11) is 0. The Balaban J connectivity index is 0.000000345. The molecule has 2 N–H and O–H groups in total. The predicted molar refractivity (Wildman–Crippen MR) is 164 cm³/mol. The van der Waals surface area contributed by atoms with Gasteiger partial charge in [0.15, 0.2) is 0 Å². The molecule has 42 heavy (non-hydrogen) atoms. The first-order chi connectivity index (χ1) is 19.7. The number of nitrogens with zero attached hydrogens (tertiary/aromatic N) is 1. The van der Waals surface area contributed by atoms with Gasteiger partial charge in [-0.25, -0.2) is 8.78 Å². The molecule has 0 saturated heterocycles. The molecule has 0 bridgehead atoms. The molecule has 0 spiro atoms. The van der Waals surface area contributed by atoms with Gasteiger partial charge in [-0.1, -0.05) is 79.2 Å². The molecular formula is C35H39F5N2. The molecule has 0 aromatic heterocycles. The van der Waals surface area contributed by atoms with Crippen molar-refractivity contribution in [1.82, 2.24) is 0 Å². The number of aliphatic imine (C=N–C) groups is 1. The average Bonchev–Trinajstić information content (AvgIpc) is 3.19. The zero-order chi connectivity index (χ0) is 31.6. The Hall–Kier alpha value is -3.84. The molecule has 7 heteroatoms. The Kier molecular flexibility index (Phi) is 12.2. The Morgan fingerprint density at radius 2 is 1.45 bits per heavy atom. The van der Waals surface area contributed by atoms with Gasteiger partial charge in [-0.3, -0.25) is 4.99 Å². The van der Waals surface area contributed by atoms with E-state index in [0.29, 0.717) is 24.1 Å². The highest BCUT2D eigenvalue weighted by atomic mass is 19.4. The van der Waals surface area contributed by atoms with Gasteiger partial charge in [0.1, 0.15) is 0 Å². The summed E-state index contributed by atoms with van der Waals surface area (Å²) in [6.07, 6.45) is 3.33. The van der Waals surface area contributed by atoms with Crippen LogP contribution < -0.4 is 5.73 Å². The predicted octanol–water partition coefficient (Wildman–Crippen LogP) is 9.88. The second kappa shape index (κ2) is 14.9. The molecule has 2 nitrogen and oxygen atoms in total. The molecule has 1 unspecified atom stereocenters. The van der Waals surface area contributed by atoms with Crippen molar-refractivity contribution in [2.45, 2.75) is 64.6 Å². The SMILES string of the molecule is C=C.CC1=CC=C(C(N)(Cc2ccccc2)c2cccc(C(C)(F)F)c2)N=CC1.CCc1ccc(C)c(C(F)(F)F)c1. The quantitative estimate of drug-likeness (QED) is 0.228. The molecule has 0 saturated carbocycles. The van der Waals surface area contributed by atoms with Crippen molar-refractivity contribution in [2.24, 2.45) is 10.7 Å². The van der Waals surface area contributed by atoms with Crippen LogP contribution in [0.3, 0.4) is 0 Å². The van der Waals surface area contributed by atoms with E-state index in [2.05, 4.69) is 18.2 Å². The van der Waals surface area contributed by atoms with Crippen LogP contribution in [0.1, 0.15) is 60.6 Å². The highest BCUT2D eigenvalue weighted by Gasteiger charge is 2.35. The first-order valence-corrected chi connectivity index (χ1v) is 13.6. The number of nitrogens with two attached hydrogens (primary N) is 1. The number of alkyl halides is 5. The van der Waals surface area contributed by atoms with E-state index in [1.54, 1.807) is 18.2 Å². The normalized spacial score (nSPS) is 14.6. The summed E-state index contributed by atoms with van der Waals surface area (Å²) in [4.78, 5) is 4.58. The van der Waals surface area contributed by atoms with Crippen LogP contribution in [0, 0.1) is 6.92 Å². The molecular weight excluding hydrogens is 543 g/mol. The average molecular weight is 583 g/mol.